The minimum Gasteiger partial charge on any atom is -0.373 e. The first kappa shape index (κ1) is 11.7. The molecule has 4 fully saturated rings. The van der Waals surface area contributed by atoms with E-state index in [1.165, 1.54) is 57.8 Å². The molecule has 1 saturated carbocycles. The highest BCUT2D eigenvalue weighted by molar-refractivity contribution is 4.96. The number of fused-ring (bicyclic) bond motifs is 2. The summed E-state index contributed by atoms with van der Waals surface area (Å²) in [7, 11) is 0. The first-order valence-corrected chi connectivity index (χ1v) is 7.90. The number of hydrogen-bond acceptors (Lipinski definition) is 3. The fraction of sp³-hybridized carbons (Fsp3) is 1.00. The molecule has 3 nitrogen and oxygen atoms in total. The van der Waals surface area contributed by atoms with Crippen LogP contribution in [-0.2, 0) is 9.47 Å². The lowest BCUT2D eigenvalue weighted by molar-refractivity contribution is -0.0364. The van der Waals surface area contributed by atoms with Crippen molar-refractivity contribution >= 4 is 0 Å². The summed E-state index contributed by atoms with van der Waals surface area (Å²) in [5.41, 5.74) is 0.289. The van der Waals surface area contributed by atoms with Crippen LogP contribution in [0.25, 0.3) is 0 Å². The Hall–Kier alpha value is -0.120. The lowest BCUT2D eigenvalue weighted by Crippen LogP contribution is -2.42. The first-order valence-electron chi connectivity index (χ1n) is 7.90. The molecule has 4 rings (SSSR count). The van der Waals surface area contributed by atoms with E-state index in [0.717, 1.165) is 6.54 Å². The zero-order valence-corrected chi connectivity index (χ0v) is 11.2. The van der Waals surface area contributed by atoms with Gasteiger partial charge in [-0.15, -0.1) is 0 Å². The van der Waals surface area contributed by atoms with Crippen LogP contribution in [0, 0.1) is 0 Å². The van der Waals surface area contributed by atoms with Crippen molar-refractivity contribution in [3.63, 3.8) is 0 Å². The molecule has 1 spiro atoms. The molecule has 0 aromatic rings. The van der Waals surface area contributed by atoms with Gasteiger partial charge in [0.15, 0.2) is 0 Å². The molecule has 4 atom stereocenters. The molecular formula is C15H25NO2. The topological polar surface area (TPSA) is 30.5 Å². The highest BCUT2D eigenvalue weighted by Crippen LogP contribution is 2.43. The maximum Gasteiger partial charge on any atom is 0.0733 e. The van der Waals surface area contributed by atoms with Gasteiger partial charge in [0, 0.05) is 12.6 Å². The standard InChI is InChI=1S/C15H25NO2/c1-2-7-15(6-1)8-5-12(18-15)10-16-13-9-11-3-4-14(13)17-11/h11-14,16H,1-10H2. The molecule has 2 bridgehead atoms. The molecule has 3 heterocycles. The van der Waals surface area contributed by atoms with Gasteiger partial charge in [0.25, 0.3) is 0 Å². The maximum atomic E-state index is 6.35. The molecule has 1 N–H and O–H groups in total. The Kier molecular flexibility index (Phi) is 2.90. The second-order valence-corrected chi connectivity index (χ2v) is 6.79. The Bertz CT molecular complexity index is 314. The normalized spacial score (nSPS) is 45.3. The van der Waals surface area contributed by atoms with E-state index >= 15 is 0 Å². The molecule has 102 valence electrons. The van der Waals surface area contributed by atoms with Gasteiger partial charge in [0.1, 0.15) is 0 Å². The van der Waals surface area contributed by atoms with Gasteiger partial charge in [-0.3, -0.25) is 0 Å². The van der Waals surface area contributed by atoms with Crippen LogP contribution in [0.4, 0.5) is 0 Å². The number of ether oxygens (including phenoxy) is 2. The summed E-state index contributed by atoms with van der Waals surface area (Å²) < 4.78 is 12.2. The van der Waals surface area contributed by atoms with Crippen LogP contribution in [0.5, 0.6) is 0 Å². The summed E-state index contributed by atoms with van der Waals surface area (Å²) in [6, 6.07) is 0.604. The Morgan fingerprint density at radius 3 is 2.67 bits per heavy atom. The third-order valence-corrected chi connectivity index (χ3v) is 5.57. The van der Waals surface area contributed by atoms with Gasteiger partial charge in [-0.2, -0.15) is 0 Å². The molecule has 18 heavy (non-hydrogen) atoms. The average molecular weight is 251 g/mol. The van der Waals surface area contributed by atoms with Crippen molar-refractivity contribution in [3.05, 3.63) is 0 Å². The predicted molar refractivity (Wildman–Crippen MR) is 69.6 cm³/mol. The van der Waals surface area contributed by atoms with Crippen LogP contribution in [-0.4, -0.2) is 36.5 Å². The second kappa shape index (κ2) is 4.46. The Morgan fingerprint density at radius 2 is 1.94 bits per heavy atom. The summed E-state index contributed by atoms with van der Waals surface area (Å²) in [5, 5.41) is 3.71. The monoisotopic (exact) mass is 251 g/mol. The quantitative estimate of drug-likeness (QED) is 0.835. The van der Waals surface area contributed by atoms with Crippen molar-refractivity contribution in [2.45, 2.75) is 87.7 Å². The minimum absolute atomic E-state index is 0.289. The molecule has 3 aliphatic heterocycles. The molecule has 0 aromatic carbocycles. The molecule has 0 radical (unpaired) electrons. The Morgan fingerprint density at radius 1 is 1.06 bits per heavy atom. The molecule has 4 aliphatic rings. The Balaban J connectivity index is 1.26. The maximum absolute atomic E-state index is 6.35. The first-order chi connectivity index (χ1) is 8.83. The van der Waals surface area contributed by atoms with E-state index in [4.69, 9.17) is 9.47 Å². The molecule has 0 amide bonds. The van der Waals surface area contributed by atoms with E-state index in [0.29, 0.717) is 24.4 Å². The number of rotatable bonds is 3. The van der Waals surface area contributed by atoms with Crippen molar-refractivity contribution in [2.24, 2.45) is 0 Å². The molecule has 4 unspecified atom stereocenters. The van der Waals surface area contributed by atoms with Gasteiger partial charge in [-0.1, -0.05) is 12.8 Å². The van der Waals surface area contributed by atoms with Crippen molar-refractivity contribution < 1.29 is 9.47 Å². The number of nitrogens with one attached hydrogen (secondary N) is 1. The van der Waals surface area contributed by atoms with E-state index in [1.54, 1.807) is 0 Å². The highest BCUT2D eigenvalue weighted by Gasteiger charge is 2.44. The minimum atomic E-state index is 0.289. The van der Waals surface area contributed by atoms with Gasteiger partial charge < -0.3 is 14.8 Å². The van der Waals surface area contributed by atoms with Crippen molar-refractivity contribution in [1.82, 2.24) is 5.32 Å². The molecule has 3 saturated heterocycles. The van der Waals surface area contributed by atoms with Crippen LogP contribution < -0.4 is 5.32 Å². The van der Waals surface area contributed by atoms with E-state index in [1.807, 2.05) is 0 Å². The van der Waals surface area contributed by atoms with E-state index in [2.05, 4.69) is 5.32 Å². The molecule has 1 aliphatic carbocycles. The molecular weight excluding hydrogens is 226 g/mol. The largest absolute Gasteiger partial charge is 0.373 e. The number of hydrogen-bond donors (Lipinski definition) is 1. The lowest BCUT2D eigenvalue weighted by Gasteiger charge is -2.26. The fourth-order valence-corrected chi connectivity index (χ4v) is 4.56. The van der Waals surface area contributed by atoms with Crippen molar-refractivity contribution in [3.8, 4) is 0 Å². The van der Waals surface area contributed by atoms with Crippen LogP contribution in [0.15, 0.2) is 0 Å². The van der Waals surface area contributed by atoms with Crippen LogP contribution in [0.2, 0.25) is 0 Å². The second-order valence-electron chi connectivity index (χ2n) is 6.79. The summed E-state index contributed by atoms with van der Waals surface area (Å²) in [6.45, 7) is 1.04. The SMILES string of the molecule is C1CCC2(C1)CCC(CNC1CC3CCC1O3)O2. The van der Waals surface area contributed by atoms with Gasteiger partial charge in [0.2, 0.25) is 0 Å². The van der Waals surface area contributed by atoms with Crippen LogP contribution in [0.1, 0.15) is 57.8 Å². The third-order valence-electron chi connectivity index (χ3n) is 5.57. The highest BCUT2D eigenvalue weighted by atomic mass is 16.5. The van der Waals surface area contributed by atoms with Crippen LogP contribution >= 0.6 is 0 Å². The molecule has 0 aromatic heterocycles. The third kappa shape index (κ3) is 2.00. The van der Waals surface area contributed by atoms with E-state index in [-0.39, 0.29) is 5.60 Å². The fourth-order valence-electron chi connectivity index (χ4n) is 4.56. The zero-order valence-electron chi connectivity index (χ0n) is 11.2. The van der Waals surface area contributed by atoms with Gasteiger partial charge in [-0.05, 0) is 44.9 Å². The van der Waals surface area contributed by atoms with Gasteiger partial charge in [-0.25, -0.2) is 0 Å². The van der Waals surface area contributed by atoms with Gasteiger partial charge >= 0.3 is 0 Å². The average Bonchev–Trinajstić information content (AvgIpc) is 3.13. The summed E-state index contributed by atoms with van der Waals surface area (Å²) >= 11 is 0. The van der Waals surface area contributed by atoms with E-state index in [9.17, 15) is 0 Å². The predicted octanol–water partition coefficient (Wildman–Crippen LogP) is 2.39. The van der Waals surface area contributed by atoms with E-state index < -0.39 is 0 Å². The molecule has 3 heteroatoms. The van der Waals surface area contributed by atoms with Crippen molar-refractivity contribution in [1.29, 1.82) is 0 Å². The van der Waals surface area contributed by atoms with Crippen LogP contribution in [0.3, 0.4) is 0 Å². The smallest absolute Gasteiger partial charge is 0.0733 e. The summed E-state index contributed by atoms with van der Waals surface area (Å²) in [4.78, 5) is 0. The zero-order chi connectivity index (χ0) is 12.0. The lowest BCUT2D eigenvalue weighted by atomic mass is 9.95. The Labute approximate surface area is 110 Å². The summed E-state index contributed by atoms with van der Waals surface area (Å²) in [6.07, 6.45) is 13.2. The van der Waals surface area contributed by atoms with Gasteiger partial charge in [0.05, 0.1) is 23.9 Å². The van der Waals surface area contributed by atoms with Crippen molar-refractivity contribution in [2.75, 3.05) is 6.54 Å². The summed E-state index contributed by atoms with van der Waals surface area (Å²) in [5.74, 6) is 0.